The van der Waals surface area contributed by atoms with Crippen LogP contribution in [0.15, 0.2) is 42.6 Å². The van der Waals surface area contributed by atoms with Gasteiger partial charge in [-0.2, -0.15) is 0 Å². The molecule has 142 valence electrons. The molecular formula is C21H27N5S. The van der Waals surface area contributed by atoms with Gasteiger partial charge in [0.2, 0.25) is 10.3 Å². The minimum atomic E-state index is 0.803. The molecule has 1 saturated heterocycles. The number of anilines is 1. The molecule has 1 aromatic carbocycles. The van der Waals surface area contributed by atoms with E-state index in [0.717, 1.165) is 42.4 Å². The molecule has 0 aliphatic carbocycles. The number of nitrogens with one attached hydrogen (secondary N) is 1. The standard InChI is InChI=1S/C21H27N5S/c1-16-5-7-18(8-6-16)14-22-15-19-4-3-11-26(19)21-24-23-20(27-21)25-12-9-17(2)10-13-25/h3-8,11,17,22H,9-10,12-15H2,1-2H3. The Morgan fingerprint density at radius 2 is 1.78 bits per heavy atom. The monoisotopic (exact) mass is 381 g/mol. The fourth-order valence-corrected chi connectivity index (χ4v) is 4.34. The number of benzene rings is 1. The maximum atomic E-state index is 4.45. The lowest BCUT2D eigenvalue weighted by Crippen LogP contribution is -2.32. The van der Waals surface area contributed by atoms with E-state index in [1.165, 1.54) is 29.7 Å². The summed E-state index contributed by atoms with van der Waals surface area (Å²) in [6, 6.07) is 12.9. The van der Waals surface area contributed by atoms with Gasteiger partial charge in [0.25, 0.3) is 0 Å². The quantitative estimate of drug-likeness (QED) is 0.696. The van der Waals surface area contributed by atoms with Crippen LogP contribution in [0.2, 0.25) is 0 Å². The van der Waals surface area contributed by atoms with Crippen LogP contribution in [0.5, 0.6) is 0 Å². The summed E-state index contributed by atoms with van der Waals surface area (Å²) in [6.07, 6.45) is 4.56. The van der Waals surface area contributed by atoms with Crippen molar-refractivity contribution in [3.05, 3.63) is 59.4 Å². The number of aromatic nitrogens is 3. The molecule has 2 aromatic heterocycles. The van der Waals surface area contributed by atoms with Crippen LogP contribution in [0.25, 0.3) is 5.13 Å². The molecule has 5 nitrogen and oxygen atoms in total. The topological polar surface area (TPSA) is 46.0 Å². The van der Waals surface area contributed by atoms with Gasteiger partial charge in [-0.1, -0.05) is 48.1 Å². The molecule has 3 heterocycles. The Kier molecular flexibility index (Phi) is 5.55. The average Bonchev–Trinajstić information content (AvgIpc) is 3.33. The van der Waals surface area contributed by atoms with Gasteiger partial charge in [0.05, 0.1) is 0 Å². The summed E-state index contributed by atoms with van der Waals surface area (Å²) in [5.74, 6) is 0.823. The lowest BCUT2D eigenvalue weighted by atomic mass is 10.00. The first-order valence-electron chi connectivity index (χ1n) is 9.70. The zero-order chi connectivity index (χ0) is 18.6. The largest absolute Gasteiger partial charge is 0.347 e. The molecule has 6 heteroatoms. The molecule has 1 fully saturated rings. The number of hydrogen-bond donors (Lipinski definition) is 1. The van der Waals surface area contributed by atoms with Gasteiger partial charge < -0.3 is 10.2 Å². The summed E-state index contributed by atoms with van der Waals surface area (Å²) in [6.45, 7) is 8.29. The van der Waals surface area contributed by atoms with Crippen molar-refractivity contribution in [2.75, 3.05) is 18.0 Å². The van der Waals surface area contributed by atoms with E-state index in [4.69, 9.17) is 0 Å². The molecule has 0 amide bonds. The van der Waals surface area contributed by atoms with Crippen LogP contribution in [0.4, 0.5) is 5.13 Å². The SMILES string of the molecule is Cc1ccc(CNCc2cccn2-c2nnc(N3CCC(C)CC3)s2)cc1. The Morgan fingerprint density at radius 3 is 2.56 bits per heavy atom. The van der Waals surface area contributed by atoms with Gasteiger partial charge in [0, 0.05) is 38.1 Å². The third-order valence-electron chi connectivity index (χ3n) is 5.25. The molecule has 1 aliphatic rings. The van der Waals surface area contributed by atoms with Crippen LogP contribution in [-0.4, -0.2) is 27.9 Å². The number of aryl methyl sites for hydroxylation is 1. The first-order valence-corrected chi connectivity index (χ1v) is 10.5. The van der Waals surface area contributed by atoms with E-state index >= 15 is 0 Å². The zero-order valence-corrected chi connectivity index (χ0v) is 16.9. The Morgan fingerprint density at radius 1 is 1.04 bits per heavy atom. The molecule has 0 bridgehead atoms. The fourth-order valence-electron chi connectivity index (χ4n) is 3.42. The van der Waals surface area contributed by atoms with E-state index in [-0.39, 0.29) is 0 Å². The predicted molar refractivity (Wildman–Crippen MR) is 112 cm³/mol. The Bertz CT molecular complexity index is 859. The number of nitrogens with zero attached hydrogens (tertiary/aromatic N) is 4. The summed E-state index contributed by atoms with van der Waals surface area (Å²) >= 11 is 1.68. The van der Waals surface area contributed by atoms with Gasteiger partial charge in [0.15, 0.2) is 0 Å². The lowest BCUT2D eigenvalue weighted by Gasteiger charge is -2.29. The lowest BCUT2D eigenvalue weighted by molar-refractivity contribution is 0.437. The number of piperidine rings is 1. The van der Waals surface area contributed by atoms with Crippen molar-refractivity contribution in [1.82, 2.24) is 20.1 Å². The molecule has 4 rings (SSSR count). The highest BCUT2D eigenvalue weighted by Gasteiger charge is 2.20. The van der Waals surface area contributed by atoms with Crippen LogP contribution in [0.3, 0.4) is 0 Å². The summed E-state index contributed by atoms with van der Waals surface area (Å²) in [5.41, 5.74) is 3.80. The third kappa shape index (κ3) is 4.39. The van der Waals surface area contributed by atoms with E-state index in [1.807, 2.05) is 0 Å². The molecular weight excluding hydrogens is 354 g/mol. The second-order valence-corrected chi connectivity index (χ2v) is 8.43. The van der Waals surface area contributed by atoms with Gasteiger partial charge >= 0.3 is 0 Å². The van der Waals surface area contributed by atoms with Gasteiger partial charge in [-0.05, 0) is 43.4 Å². The van der Waals surface area contributed by atoms with Gasteiger partial charge in [0.1, 0.15) is 0 Å². The molecule has 0 spiro atoms. The molecule has 0 atom stereocenters. The molecule has 3 aromatic rings. The van der Waals surface area contributed by atoms with E-state index in [2.05, 4.69) is 81.4 Å². The Balaban J connectivity index is 1.39. The molecule has 0 saturated carbocycles. The first kappa shape index (κ1) is 18.2. The van der Waals surface area contributed by atoms with E-state index in [9.17, 15) is 0 Å². The Labute approximate surface area is 165 Å². The first-order chi connectivity index (χ1) is 13.2. The van der Waals surface area contributed by atoms with Crippen molar-refractivity contribution in [2.45, 2.75) is 39.8 Å². The summed E-state index contributed by atoms with van der Waals surface area (Å²) in [5, 5.41) is 14.4. The molecule has 1 N–H and O–H groups in total. The third-order valence-corrected chi connectivity index (χ3v) is 6.24. The smallest absolute Gasteiger partial charge is 0.218 e. The van der Waals surface area contributed by atoms with E-state index in [0.29, 0.717) is 0 Å². The van der Waals surface area contributed by atoms with Crippen LogP contribution in [-0.2, 0) is 13.1 Å². The van der Waals surface area contributed by atoms with Crippen molar-refractivity contribution in [1.29, 1.82) is 0 Å². The Hall–Kier alpha value is -2.18. The van der Waals surface area contributed by atoms with E-state index in [1.54, 1.807) is 11.3 Å². The maximum absolute atomic E-state index is 4.45. The van der Waals surface area contributed by atoms with Crippen molar-refractivity contribution >= 4 is 16.5 Å². The second kappa shape index (κ2) is 8.23. The fraction of sp³-hybridized carbons (Fsp3) is 0.429. The second-order valence-electron chi connectivity index (χ2n) is 7.50. The number of hydrogen-bond acceptors (Lipinski definition) is 5. The van der Waals surface area contributed by atoms with Crippen LogP contribution in [0.1, 0.15) is 36.6 Å². The zero-order valence-electron chi connectivity index (χ0n) is 16.1. The summed E-state index contributed by atoms with van der Waals surface area (Å²) < 4.78 is 2.15. The van der Waals surface area contributed by atoms with Gasteiger partial charge in [-0.25, -0.2) is 0 Å². The molecule has 0 radical (unpaired) electrons. The summed E-state index contributed by atoms with van der Waals surface area (Å²) in [7, 11) is 0. The molecule has 1 aliphatic heterocycles. The van der Waals surface area contributed by atoms with Crippen LogP contribution < -0.4 is 10.2 Å². The minimum Gasteiger partial charge on any atom is -0.347 e. The average molecular weight is 382 g/mol. The van der Waals surface area contributed by atoms with Crippen molar-refractivity contribution < 1.29 is 0 Å². The molecule has 0 unspecified atom stereocenters. The van der Waals surface area contributed by atoms with Crippen molar-refractivity contribution in [3.8, 4) is 5.13 Å². The van der Waals surface area contributed by atoms with Gasteiger partial charge in [-0.15, -0.1) is 10.2 Å². The number of rotatable bonds is 6. The highest BCUT2D eigenvalue weighted by Crippen LogP contribution is 2.28. The van der Waals surface area contributed by atoms with Crippen LogP contribution in [0, 0.1) is 12.8 Å². The summed E-state index contributed by atoms with van der Waals surface area (Å²) in [4.78, 5) is 2.37. The minimum absolute atomic E-state index is 0.803. The normalized spacial score (nSPS) is 15.4. The highest BCUT2D eigenvalue weighted by atomic mass is 32.1. The van der Waals surface area contributed by atoms with Crippen molar-refractivity contribution in [2.24, 2.45) is 5.92 Å². The van der Waals surface area contributed by atoms with Crippen LogP contribution >= 0.6 is 11.3 Å². The van der Waals surface area contributed by atoms with E-state index < -0.39 is 0 Å². The maximum Gasteiger partial charge on any atom is 0.218 e. The highest BCUT2D eigenvalue weighted by molar-refractivity contribution is 7.17. The predicted octanol–water partition coefficient (Wildman–Crippen LogP) is 4.16. The van der Waals surface area contributed by atoms with Crippen molar-refractivity contribution in [3.63, 3.8) is 0 Å². The van der Waals surface area contributed by atoms with Gasteiger partial charge in [-0.3, -0.25) is 4.57 Å². The molecule has 27 heavy (non-hydrogen) atoms.